The van der Waals surface area contributed by atoms with Gasteiger partial charge in [-0.3, -0.25) is 9.98 Å². The molecule has 0 unspecified atom stereocenters. The monoisotopic (exact) mass is 439 g/mol. The summed E-state index contributed by atoms with van der Waals surface area (Å²) in [6.07, 6.45) is 11.9. The lowest BCUT2D eigenvalue weighted by Gasteiger charge is -2.36. The first kappa shape index (κ1) is 22.7. The molecule has 0 spiro atoms. The average molecular weight is 440 g/mol. The number of hydrogen-bond acceptors (Lipinski definition) is 6. The first-order chi connectivity index (χ1) is 15.8. The van der Waals surface area contributed by atoms with Gasteiger partial charge in [-0.25, -0.2) is 0 Å². The number of likely N-dealkylation sites (tertiary alicyclic amines) is 1. The Labute approximate surface area is 191 Å². The molecule has 8 nitrogen and oxygen atoms in total. The van der Waals surface area contributed by atoms with Gasteiger partial charge in [0.05, 0.1) is 0 Å². The van der Waals surface area contributed by atoms with Crippen LogP contribution in [0.2, 0.25) is 0 Å². The van der Waals surface area contributed by atoms with Crippen molar-refractivity contribution in [1.29, 1.82) is 0 Å². The molecule has 1 saturated heterocycles. The van der Waals surface area contributed by atoms with Gasteiger partial charge in [-0.05, 0) is 50.7 Å². The van der Waals surface area contributed by atoms with Crippen LogP contribution in [0.15, 0.2) is 33.9 Å². The molecule has 0 amide bonds. The molecule has 2 fully saturated rings. The number of piperidine rings is 1. The molecular formula is C24H37N7O. The van der Waals surface area contributed by atoms with Gasteiger partial charge in [0, 0.05) is 51.4 Å². The van der Waals surface area contributed by atoms with Gasteiger partial charge in [-0.2, -0.15) is 4.98 Å². The minimum absolute atomic E-state index is 0.453. The Bertz CT molecular complexity index is 824. The highest BCUT2D eigenvalue weighted by Crippen LogP contribution is 2.25. The maximum absolute atomic E-state index is 5.33. The van der Waals surface area contributed by atoms with Crippen molar-refractivity contribution in [3.05, 3.63) is 30.2 Å². The number of aliphatic imine (C=N–C) groups is 1. The van der Waals surface area contributed by atoms with Gasteiger partial charge < -0.3 is 20.1 Å². The number of nitrogens with one attached hydrogen (secondary N) is 2. The first-order valence-electron chi connectivity index (χ1n) is 12.3. The highest BCUT2D eigenvalue weighted by molar-refractivity contribution is 5.80. The van der Waals surface area contributed by atoms with Crippen LogP contribution in [0.3, 0.4) is 0 Å². The molecule has 174 valence electrons. The van der Waals surface area contributed by atoms with Crippen molar-refractivity contribution < 1.29 is 4.52 Å². The van der Waals surface area contributed by atoms with Crippen LogP contribution in [-0.4, -0.2) is 64.7 Å². The van der Waals surface area contributed by atoms with Gasteiger partial charge in [0.1, 0.15) is 5.69 Å². The van der Waals surface area contributed by atoms with Gasteiger partial charge in [0.25, 0.3) is 5.89 Å². The van der Waals surface area contributed by atoms with Gasteiger partial charge in [0.2, 0.25) is 0 Å². The molecule has 2 N–H and O–H groups in total. The molecule has 0 radical (unpaired) electrons. The van der Waals surface area contributed by atoms with Crippen molar-refractivity contribution in [3.8, 4) is 11.6 Å². The lowest BCUT2D eigenvalue weighted by molar-refractivity contribution is 0.160. The van der Waals surface area contributed by atoms with Crippen molar-refractivity contribution in [3.63, 3.8) is 0 Å². The fourth-order valence-corrected chi connectivity index (χ4v) is 4.72. The quantitative estimate of drug-likeness (QED) is 0.482. The largest absolute Gasteiger partial charge is 0.357 e. The third-order valence-electron chi connectivity index (χ3n) is 6.47. The number of rotatable bonds is 8. The maximum atomic E-state index is 5.33. The van der Waals surface area contributed by atoms with E-state index in [0.29, 0.717) is 36.4 Å². The van der Waals surface area contributed by atoms with Gasteiger partial charge in [-0.1, -0.05) is 30.5 Å². The van der Waals surface area contributed by atoms with E-state index in [1.54, 1.807) is 6.20 Å². The Balaban J connectivity index is 1.22. The molecule has 2 aromatic heterocycles. The van der Waals surface area contributed by atoms with Crippen LogP contribution in [0.4, 0.5) is 0 Å². The molecule has 0 aromatic carbocycles. The fourth-order valence-electron chi connectivity index (χ4n) is 4.72. The highest BCUT2D eigenvalue weighted by Gasteiger charge is 2.23. The standard InChI is InChI=1S/C24H37N7O/c1-2-25-24(27-15-11-22-29-23(32-30-22)21-10-6-7-14-26-21)28-20-12-16-31(17-13-20)18-19-8-4-3-5-9-19/h6-7,10,14,19-20H,2-5,8-9,11-13,15-18H2,1H3,(H2,25,27,28). The minimum atomic E-state index is 0.453. The molecular weight excluding hydrogens is 402 g/mol. The molecule has 2 aliphatic rings. The van der Waals surface area contributed by atoms with Crippen LogP contribution in [0.1, 0.15) is 57.7 Å². The predicted molar refractivity (Wildman–Crippen MR) is 126 cm³/mol. The van der Waals surface area contributed by atoms with Crippen LogP contribution < -0.4 is 10.6 Å². The first-order valence-corrected chi connectivity index (χ1v) is 12.3. The summed E-state index contributed by atoms with van der Waals surface area (Å²) in [5.74, 6) is 2.91. The molecule has 2 aromatic rings. The summed E-state index contributed by atoms with van der Waals surface area (Å²) in [5, 5.41) is 11.1. The van der Waals surface area contributed by atoms with E-state index in [0.717, 1.165) is 18.4 Å². The number of aromatic nitrogens is 3. The molecule has 32 heavy (non-hydrogen) atoms. The van der Waals surface area contributed by atoms with E-state index in [4.69, 9.17) is 9.52 Å². The zero-order valence-electron chi connectivity index (χ0n) is 19.3. The number of pyridine rings is 1. The van der Waals surface area contributed by atoms with Gasteiger partial charge in [0.15, 0.2) is 11.8 Å². The van der Waals surface area contributed by atoms with Crippen LogP contribution in [0.5, 0.6) is 0 Å². The summed E-state index contributed by atoms with van der Waals surface area (Å²) in [6, 6.07) is 6.12. The third-order valence-corrected chi connectivity index (χ3v) is 6.47. The molecule has 8 heteroatoms. The zero-order chi connectivity index (χ0) is 22.0. The summed E-state index contributed by atoms with van der Waals surface area (Å²) in [7, 11) is 0. The lowest BCUT2D eigenvalue weighted by Crippen LogP contribution is -2.49. The van der Waals surface area contributed by atoms with Gasteiger partial charge >= 0.3 is 0 Å². The maximum Gasteiger partial charge on any atom is 0.276 e. The van der Waals surface area contributed by atoms with Gasteiger partial charge in [-0.15, -0.1) is 0 Å². The SMILES string of the molecule is CCNC(=NCCc1noc(-c2ccccn2)n1)NC1CCN(CC2CCCCC2)CC1. The number of guanidine groups is 1. The molecule has 1 saturated carbocycles. The van der Waals surface area contributed by atoms with Crippen LogP contribution in [-0.2, 0) is 6.42 Å². The van der Waals surface area contributed by atoms with Crippen LogP contribution >= 0.6 is 0 Å². The number of nitrogens with zero attached hydrogens (tertiary/aromatic N) is 5. The lowest BCUT2D eigenvalue weighted by atomic mass is 9.88. The van der Waals surface area contributed by atoms with Crippen molar-refractivity contribution >= 4 is 5.96 Å². The Morgan fingerprint density at radius 3 is 2.75 bits per heavy atom. The summed E-state index contributed by atoms with van der Waals surface area (Å²) >= 11 is 0. The molecule has 3 heterocycles. The average Bonchev–Trinajstić information content (AvgIpc) is 3.31. The predicted octanol–water partition coefficient (Wildman–Crippen LogP) is 3.27. The van der Waals surface area contributed by atoms with Crippen LogP contribution in [0.25, 0.3) is 11.6 Å². The molecule has 0 atom stereocenters. The normalized spacial score (nSPS) is 19.2. The van der Waals surface area contributed by atoms with Crippen molar-refractivity contribution in [2.45, 2.75) is 64.3 Å². The van der Waals surface area contributed by atoms with Crippen LogP contribution in [0, 0.1) is 5.92 Å². The van der Waals surface area contributed by atoms with Crippen molar-refractivity contribution in [2.24, 2.45) is 10.9 Å². The Hall–Kier alpha value is -2.48. The summed E-state index contributed by atoms with van der Waals surface area (Å²) in [5.41, 5.74) is 0.694. The smallest absolute Gasteiger partial charge is 0.276 e. The van der Waals surface area contributed by atoms with E-state index in [9.17, 15) is 0 Å². The molecule has 0 bridgehead atoms. The zero-order valence-corrected chi connectivity index (χ0v) is 19.3. The summed E-state index contributed by atoms with van der Waals surface area (Å²) < 4.78 is 5.33. The Morgan fingerprint density at radius 1 is 1.16 bits per heavy atom. The summed E-state index contributed by atoms with van der Waals surface area (Å²) in [6.45, 7) is 7.23. The topological polar surface area (TPSA) is 91.5 Å². The van der Waals surface area contributed by atoms with E-state index in [1.807, 2.05) is 18.2 Å². The van der Waals surface area contributed by atoms with E-state index in [-0.39, 0.29) is 0 Å². The van der Waals surface area contributed by atoms with E-state index in [1.165, 1.54) is 64.6 Å². The fraction of sp³-hybridized carbons (Fsp3) is 0.667. The van der Waals surface area contributed by atoms with E-state index >= 15 is 0 Å². The second-order valence-corrected chi connectivity index (χ2v) is 8.96. The van der Waals surface area contributed by atoms with Crippen molar-refractivity contribution in [1.82, 2.24) is 30.7 Å². The number of hydrogen-bond donors (Lipinski definition) is 2. The molecule has 1 aliphatic carbocycles. The Morgan fingerprint density at radius 2 is 2.00 bits per heavy atom. The Kier molecular flexibility index (Phi) is 8.48. The summed E-state index contributed by atoms with van der Waals surface area (Å²) in [4.78, 5) is 16.1. The highest BCUT2D eigenvalue weighted by atomic mass is 16.5. The van der Waals surface area contributed by atoms with E-state index in [2.05, 4.69) is 37.6 Å². The van der Waals surface area contributed by atoms with Crippen molar-refractivity contribution in [2.75, 3.05) is 32.7 Å². The second kappa shape index (κ2) is 11.9. The second-order valence-electron chi connectivity index (χ2n) is 8.96. The third kappa shape index (κ3) is 6.76. The molecule has 4 rings (SSSR count). The molecule has 1 aliphatic heterocycles. The minimum Gasteiger partial charge on any atom is -0.357 e. The van der Waals surface area contributed by atoms with E-state index < -0.39 is 0 Å².